The highest BCUT2D eigenvalue weighted by atomic mass is 16.5. The van der Waals surface area contributed by atoms with Gasteiger partial charge in [-0.2, -0.15) is 0 Å². The molecule has 0 bridgehead atoms. The second-order valence-electron chi connectivity index (χ2n) is 7.08. The number of nitrogens with zero attached hydrogens (tertiary/aromatic N) is 2. The van der Waals surface area contributed by atoms with E-state index >= 15 is 0 Å². The molecule has 2 heterocycles. The van der Waals surface area contributed by atoms with Gasteiger partial charge in [0.25, 0.3) is 0 Å². The van der Waals surface area contributed by atoms with Crippen molar-refractivity contribution in [3.8, 4) is 17.2 Å². The van der Waals surface area contributed by atoms with E-state index in [1.54, 1.807) is 6.26 Å². The molecule has 150 valence electrons. The quantitative estimate of drug-likeness (QED) is 0.504. The first-order valence-corrected chi connectivity index (χ1v) is 10.0. The van der Waals surface area contributed by atoms with Crippen LogP contribution in [-0.4, -0.2) is 24.1 Å². The zero-order chi connectivity index (χ0) is 20.1. The third-order valence-electron chi connectivity index (χ3n) is 4.86. The Morgan fingerprint density at radius 3 is 2.83 bits per heavy atom. The summed E-state index contributed by atoms with van der Waals surface area (Å²) in [6, 6.07) is 16.4. The molecule has 2 N–H and O–H groups in total. The maximum atomic E-state index is 5.75. The number of aryl methyl sites for hydroxylation is 1. The fraction of sp³-hybridized carbons (Fsp3) is 0.304. The van der Waals surface area contributed by atoms with E-state index in [1.165, 1.54) is 5.56 Å². The van der Waals surface area contributed by atoms with Gasteiger partial charge in [-0.05, 0) is 32.0 Å². The van der Waals surface area contributed by atoms with E-state index in [0.29, 0.717) is 19.0 Å². The number of hydrogen-bond acceptors (Lipinski definition) is 4. The summed E-state index contributed by atoms with van der Waals surface area (Å²) in [4.78, 5) is 9.28. The molecular formula is C23H26N4O2. The third-order valence-corrected chi connectivity index (χ3v) is 4.86. The summed E-state index contributed by atoms with van der Waals surface area (Å²) in [7, 11) is 0. The number of hydrogen-bond donors (Lipinski definition) is 2. The van der Waals surface area contributed by atoms with E-state index in [1.807, 2.05) is 30.3 Å². The minimum atomic E-state index is 0.165. The van der Waals surface area contributed by atoms with E-state index < -0.39 is 0 Å². The van der Waals surface area contributed by atoms with E-state index in [-0.39, 0.29) is 6.04 Å². The average molecular weight is 390 g/mol. The molecule has 4 rings (SSSR count). The molecule has 2 aromatic carbocycles. The Balaban J connectivity index is 1.46. The second-order valence-corrected chi connectivity index (χ2v) is 7.08. The molecule has 3 aromatic rings. The van der Waals surface area contributed by atoms with Crippen LogP contribution in [0.4, 0.5) is 0 Å². The van der Waals surface area contributed by atoms with Crippen molar-refractivity contribution >= 4 is 5.96 Å². The average Bonchev–Trinajstić information content (AvgIpc) is 3.22. The number of oxazole rings is 1. The van der Waals surface area contributed by atoms with Crippen LogP contribution in [0.1, 0.15) is 36.2 Å². The molecule has 6 heteroatoms. The second kappa shape index (κ2) is 8.82. The zero-order valence-corrected chi connectivity index (χ0v) is 16.8. The van der Waals surface area contributed by atoms with Crippen molar-refractivity contribution in [2.24, 2.45) is 4.99 Å². The normalized spacial score (nSPS) is 16.1. The Kier molecular flexibility index (Phi) is 5.79. The molecule has 0 amide bonds. The van der Waals surface area contributed by atoms with Crippen molar-refractivity contribution in [3.63, 3.8) is 0 Å². The molecule has 1 atom stereocenters. The van der Waals surface area contributed by atoms with E-state index in [9.17, 15) is 0 Å². The van der Waals surface area contributed by atoms with Crippen LogP contribution in [0.25, 0.3) is 11.5 Å². The lowest BCUT2D eigenvalue weighted by molar-refractivity contribution is 0.261. The Labute approximate surface area is 171 Å². The van der Waals surface area contributed by atoms with Crippen LogP contribution < -0.4 is 15.4 Å². The molecule has 6 nitrogen and oxygen atoms in total. The first-order valence-electron chi connectivity index (χ1n) is 10.0. The number of fused-ring (bicyclic) bond motifs is 1. The number of para-hydroxylation sites is 1. The minimum absolute atomic E-state index is 0.165. The van der Waals surface area contributed by atoms with E-state index in [0.717, 1.165) is 41.5 Å². The SMILES string of the molecule is CCNC(=NCc1coc(-c2ccc(C)cc2)n1)NC1CCOc2ccccc21. The van der Waals surface area contributed by atoms with Crippen LogP contribution in [0.3, 0.4) is 0 Å². The molecule has 0 aliphatic carbocycles. The smallest absolute Gasteiger partial charge is 0.226 e. The monoisotopic (exact) mass is 390 g/mol. The van der Waals surface area contributed by atoms with Gasteiger partial charge in [0.15, 0.2) is 5.96 Å². The molecule has 1 aliphatic rings. The summed E-state index contributed by atoms with van der Waals surface area (Å²) < 4.78 is 11.4. The Morgan fingerprint density at radius 1 is 1.17 bits per heavy atom. The van der Waals surface area contributed by atoms with Crippen LogP contribution in [0, 0.1) is 6.92 Å². The summed E-state index contributed by atoms with van der Waals surface area (Å²) in [5.41, 5.74) is 4.13. The first kappa shape index (κ1) is 19.1. The van der Waals surface area contributed by atoms with Gasteiger partial charge in [-0.1, -0.05) is 35.9 Å². The van der Waals surface area contributed by atoms with Crippen molar-refractivity contribution in [2.45, 2.75) is 32.9 Å². The van der Waals surface area contributed by atoms with Crippen LogP contribution >= 0.6 is 0 Å². The van der Waals surface area contributed by atoms with Gasteiger partial charge in [0.05, 0.1) is 19.2 Å². The molecular weight excluding hydrogens is 364 g/mol. The Morgan fingerprint density at radius 2 is 2.00 bits per heavy atom. The van der Waals surface area contributed by atoms with E-state index in [4.69, 9.17) is 14.1 Å². The first-order chi connectivity index (χ1) is 14.2. The number of rotatable bonds is 5. The lowest BCUT2D eigenvalue weighted by atomic mass is 10.0. The molecule has 1 unspecified atom stereocenters. The zero-order valence-electron chi connectivity index (χ0n) is 16.8. The molecule has 0 saturated carbocycles. The van der Waals surface area contributed by atoms with Crippen molar-refractivity contribution < 1.29 is 9.15 Å². The molecule has 29 heavy (non-hydrogen) atoms. The summed E-state index contributed by atoms with van der Waals surface area (Å²) in [5.74, 6) is 2.31. The number of ether oxygens (including phenoxy) is 1. The fourth-order valence-corrected chi connectivity index (χ4v) is 3.35. The van der Waals surface area contributed by atoms with Gasteiger partial charge in [-0.15, -0.1) is 0 Å². The van der Waals surface area contributed by atoms with Gasteiger partial charge in [-0.3, -0.25) is 0 Å². The van der Waals surface area contributed by atoms with Gasteiger partial charge >= 0.3 is 0 Å². The molecule has 0 spiro atoms. The van der Waals surface area contributed by atoms with Gasteiger partial charge in [0.1, 0.15) is 17.7 Å². The van der Waals surface area contributed by atoms with Crippen LogP contribution in [0.5, 0.6) is 5.75 Å². The largest absolute Gasteiger partial charge is 0.493 e. The highest BCUT2D eigenvalue weighted by Crippen LogP contribution is 2.31. The van der Waals surface area contributed by atoms with E-state index in [2.05, 4.69) is 47.7 Å². The lowest BCUT2D eigenvalue weighted by Gasteiger charge is -2.28. The highest BCUT2D eigenvalue weighted by molar-refractivity contribution is 5.80. The summed E-state index contributed by atoms with van der Waals surface area (Å²) in [5, 5.41) is 6.84. The maximum Gasteiger partial charge on any atom is 0.226 e. The number of aromatic nitrogens is 1. The van der Waals surface area contributed by atoms with Crippen molar-refractivity contribution in [2.75, 3.05) is 13.2 Å². The van der Waals surface area contributed by atoms with Gasteiger partial charge in [-0.25, -0.2) is 9.98 Å². The number of guanidine groups is 1. The van der Waals surface area contributed by atoms with Crippen LogP contribution in [-0.2, 0) is 6.54 Å². The number of nitrogens with one attached hydrogen (secondary N) is 2. The van der Waals surface area contributed by atoms with Crippen molar-refractivity contribution in [1.82, 2.24) is 15.6 Å². The summed E-state index contributed by atoms with van der Waals surface area (Å²) in [6.45, 7) is 6.03. The topological polar surface area (TPSA) is 71.7 Å². The van der Waals surface area contributed by atoms with Gasteiger partial charge in [0, 0.05) is 24.1 Å². The molecule has 1 aliphatic heterocycles. The maximum absolute atomic E-state index is 5.75. The third kappa shape index (κ3) is 4.59. The van der Waals surface area contributed by atoms with Gasteiger partial charge < -0.3 is 19.8 Å². The van der Waals surface area contributed by atoms with Crippen molar-refractivity contribution in [1.29, 1.82) is 0 Å². The summed E-state index contributed by atoms with van der Waals surface area (Å²) in [6.07, 6.45) is 2.56. The Hall–Kier alpha value is -3.28. The lowest BCUT2D eigenvalue weighted by Crippen LogP contribution is -2.41. The summed E-state index contributed by atoms with van der Waals surface area (Å²) >= 11 is 0. The van der Waals surface area contributed by atoms with Crippen molar-refractivity contribution in [3.05, 3.63) is 71.6 Å². The number of benzene rings is 2. The molecule has 0 radical (unpaired) electrons. The fourth-order valence-electron chi connectivity index (χ4n) is 3.35. The van der Waals surface area contributed by atoms with Gasteiger partial charge in [0.2, 0.25) is 5.89 Å². The number of aliphatic imine (C=N–C) groups is 1. The Bertz CT molecular complexity index is 979. The predicted molar refractivity (Wildman–Crippen MR) is 114 cm³/mol. The molecule has 0 fully saturated rings. The van der Waals surface area contributed by atoms with Crippen LogP contribution in [0.15, 0.2) is 64.2 Å². The molecule has 0 saturated heterocycles. The predicted octanol–water partition coefficient (Wildman–Crippen LogP) is 4.23. The highest BCUT2D eigenvalue weighted by Gasteiger charge is 2.21. The minimum Gasteiger partial charge on any atom is -0.493 e. The van der Waals surface area contributed by atoms with Crippen LogP contribution in [0.2, 0.25) is 0 Å². The molecule has 1 aromatic heterocycles. The standard InChI is InChI=1S/C23H26N4O2/c1-3-24-23(27-20-12-13-28-21-7-5-4-6-19(20)21)25-14-18-15-29-22(26-18)17-10-8-16(2)9-11-17/h4-11,15,20H,3,12-14H2,1-2H3,(H2,24,25,27).